The molecule has 1 atom stereocenters. The summed E-state index contributed by atoms with van der Waals surface area (Å²) in [5.74, 6) is 1.49. The van der Waals surface area contributed by atoms with Gasteiger partial charge in [0.05, 0.1) is 31.0 Å². The van der Waals surface area contributed by atoms with Crippen LogP contribution in [0.1, 0.15) is 35.5 Å². The van der Waals surface area contributed by atoms with Crippen molar-refractivity contribution in [3.8, 4) is 11.5 Å². The number of aryl methyl sites for hydroxylation is 1. The molecule has 1 aliphatic rings. The first kappa shape index (κ1) is 24.7. The summed E-state index contributed by atoms with van der Waals surface area (Å²) in [5, 5.41) is 11.2. The first-order chi connectivity index (χ1) is 18.0. The molecule has 0 aliphatic carbocycles. The second-order valence-corrected chi connectivity index (χ2v) is 9.32. The lowest BCUT2D eigenvalue weighted by molar-refractivity contribution is 0.207. The van der Waals surface area contributed by atoms with Gasteiger partial charge in [-0.3, -0.25) is 9.69 Å². The smallest absolute Gasteiger partial charge is 0.260 e. The number of ether oxygens (including phenoxy) is 1. The third-order valence-electron chi connectivity index (χ3n) is 7.00. The van der Waals surface area contributed by atoms with Gasteiger partial charge in [-0.15, -0.1) is 0 Å². The Labute approximate surface area is 217 Å². The van der Waals surface area contributed by atoms with Crippen molar-refractivity contribution in [1.29, 1.82) is 0 Å². The Kier molecular flexibility index (Phi) is 7.32. The quantitative estimate of drug-likeness (QED) is 0.375. The van der Waals surface area contributed by atoms with E-state index in [9.17, 15) is 9.90 Å². The largest absolute Gasteiger partial charge is 0.507 e. The number of aromatic hydroxyl groups is 1. The standard InChI is InChI=1S/C30H33N3O4/c1-3-36-25-13-11-23(12-14-25)29(32-17-15-31(16-18-32)24-8-5-4-6-9-24)28-27(34)20-22(2)33(30(28)35)21-26-10-7-19-37-26/h4-14,19-20,29,34H,3,15-18,21H2,1-2H3/t29-/m0/s1. The molecule has 1 fully saturated rings. The van der Waals surface area contributed by atoms with E-state index in [2.05, 4.69) is 34.1 Å². The van der Waals surface area contributed by atoms with Gasteiger partial charge in [-0.1, -0.05) is 30.3 Å². The van der Waals surface area contributed by atoms with Gasteiger partial charge in [0.15, 0.2) is 0 Å². The number of nitrogens with zero attached hydrogens (tertiary/aromatic N) is 3. The van der Waals surface area contributed by atoms with Crippen molar-refractivity contribution in [2.45, 2.75) is 26.4 Å². The average molecular weight is 500 g/mol. The van der Waals surface area contributed by atoms with Gasteiger partial charge in [0.25, 0.3) is 5.56 Å². The number of piperazine rings is 1. The number of hydrogen-bond acceptors (Lipinski definition) is 6. The van der Waals surface area contributed by atoms with Crippen LogP contribution in [0.2, 0.25) is 0 Å². The van der Waals surface area contributed by atoms with Crippen LogP contribution in [0, 0.1) is 6.92 Å². The molecule has 4 aromatic rings. The van der Waals surface area contributed by atoms with E-state index in [1.54, 1.807) is 16.9 Å². The highest BCUT2D eigenvalue weighted by Gasteiger charge is 2.31. The fourth-order valence-electron chi connectivity index (χ4n) is 5.13. The van der Waals surface area contributed by atoms with Crippen molar-refractivity contribution in [3.63, 3.8) is 0 Å². The van der Waals surface area contributed by atoms with Crippen molar-refractivity contribution < 1.29 is 14.3 Å². The van der Waals surface area contributed by atoms with Crippen molar-refractivity contribution in [2.75, 3.05) is 37.7 Å². The molecule has 7 nitrogen and oxygen atoms in total. The summed E-state index contributed by atoms with van der Waals surface area (Å²) in [6.07, 6.45) is 1.60. The fraction of sp³-hybridized carbons (Fsp3) is 0.300. The van der Waals surface area contributed by atoms with Gasteiger partial charge in [0, 0.05) is 37.6 Å². The minimum atomic E-state index is -0.399. The number of pyridine rings is 1. The summed E-state index contributed by atoms with van der Waals surface area (Å²) in [5.41, 5.74) is 2.99. The van der Waals surface area contributed by atoms with Gasteiger partial charge in [-0.25, -0.2) is 0 Å². The molecular weight excluding hydrogens is 466 g/mol. The Morgan fingerprint density at radius 1 is 0.973 bits per heavy atom. The van der Waals surface area contributed by atoms with Crippen LogP contribution in [0.3, 0.4) is 0 Å². The zero-order valence-corrected chi connectivity index (χ0v) is 21.3. The Balaban J connectivity index is 1.53. The molecule has 0 amide bonds. The van der Waals surface area contributed by atoms with Gasteiger partial charge in [-0.05, 0) is 61.9 Å². The van der Waals surface area contributed by atoms with Crippen LogP contribution in [0.5, 0.6) is 11.5 Å². The number of furan rings is 1. The lowest BCUT2D eigenvalue weighted by Crippen LogP contribution is -2.49. The predicted octanol–water partition coefficient (Wildman–Crippen LogP) is 4.81. The Morgan fingerprint density at radius 3 is 2.35 bits per heavy atom. The van der Waals surface area contributed by atoms with Crippen LogP contribution in [0.15, 0.2) is 88.3 Å². The molecule has 192 valence electrons. The van der Waals surface area contributed by atoms with Gasteiger partial charge < -0.3 is 23.7 Å². The van der Waals surface area contributed by atoms with Crippen LogP contribution in [-0.4, -0.2) is 47.4 Å². The third kappa shape index (κ3) is 5.27. The van der Waals surface area contributed by atoms with E-state index in [4.69, 9.17) is 9.15 Å². The molecule has 2 aromatic heterocycles. The van der Waals surface area contributed by atoms with E-state index >= 15 is 0 Å². The maximum atomic E-state index is 13.9. The number of para-hydroxylation sites is 1. The van der Waals surface area contributed by atoms with E-state index in [-0.39, 0.29) is 11.3 Å². The van der Waals surface area contributed by atoms with E-state index in [1.165, 1.54) is 5.69 Å². The molecule has 1 saturated heterocycles. The molecule has 37 heavy (non-hydrogen) atoms. The molecule has 5 rings (SSSR count). The van der Waals surface area contributed by atoms with E-state index in [1.807, 2.05) is 56.3 Å². The van der Waals surface area contributed by atoms with Crippen LogP contribution in [0.4, 0.5) is 5.69 Å². The minimum absolute atomic E-state index is 0.0163. The highest BCUT2D eigenvalue weighted by atomic mass is 16.5. The van der Waals surface area contributed by atoms with Crippen LogP contribution in [0.25, 0.3) is 0 Å². The monoisotopic (exact) mass is 499 g/mol. The molecule has 0 bridgehead atoms. The highest BCUT2D eigenvalue weighted by molar-refractivity contribution is 5.47. The lowest BCUT2D eigenvalue weighted by atomic mass is 9.95. The Hall–Kier alpha value is -3.97. The molecule has 1 aliphatic heterocycles. The summed E-state index contributed by atoms with van der Waals surface area (Å²) in [4.78, 5) is 18.6. The second-order valence-electron chi connectivity index (χ2n) is 9.32. The summed E-state index contributed by atoms with van der Waals surface area (Å²) in [6, 6.07) is 23.2. The van der Waals surface area contributed by atoms with Crippen LogP contribution < -0.4 is 15.2 Å². The Bertz CT molecular complexity index is 1360. The normalized spacial score (nSPS) is 15.0. The van der Waals surface area contributed by atoms with E-state index in [0.717, 1.165) is 37.5 Å². The third-order valence-corrected chi connectivity index (χ3v) is 7.00. The number of rotatable bonds is 8. The lowest BCUT2D eigenvalue weighted by Gasteiger charge is -2.40. The summed E-state index contributed by atoms with van der Waals surface area (Å²) in [6.45, 7) is 7.82. The number of hydrogen-bond donors (Lipinski definition) is 1. The highest BCUT2D eigenvalue weighted by Crippen LogP contribution is 2.34. The molecule has 0 saturated carbocycles. The molecule has 1 N–H and O–H groups in total. The molecule has 2 aromatic carbocycles. The molecule has 0 unspecified atom stereocenters. The predicted molar refractivity (Wildman–Crippen MR) is 145 cm³/mol. The van der Waals surface area contributed by atoms with Gasteiger partial charge >= 0.3 is 0 Å². The van der Waals surface area contributed by atoms with Crippen molar-refractivity contribution in [2.24, 2.45) is 0 Å². The molecule has 3 heterocycles. The number of benzene rings is 2. The van der Waals surface area contributed by atoms with Gasteiger partial charge in [0.1, 0.15) is 17.3 Å². The first-order valence-electron chi connectivity index (χ1n) is 12.8. The molecule has 0 spiro atoms. The summed E-state index contributed by atoms with van der Waals surface area (Å²) in [7, 11) is 0. The zero-order chi connectivity index (χ0) is 25.8. The van der Waals surface area contributed by atoms with Crippen LogP contribution in [-0.2, 0) is 6.54 Å². The maximum Gasteiger partial charge on any atom is 0.260 e. The summed E-state index contributed by atoms with van der Waals surface area (Å²) >= 11 is 0. The molecule has 7 heteroatoms. The minimum Gasteiger partial charge on any atom is -0.507 e. The van der Waals surface area contributed by atoms with Gasteiger partial charge in [-0.2, -0.15) is 0 Å². The van der Waals surface area contributed by atoms with E-state index < -0.39 is 6.04 Å². The molecular formula is C30H33N3O4. The average Bonchev–Trinajstić information content (AvgIpc) is 3.44. The molecule has 0 radical (unpaired) electrons. The SMILES string of the molecule is CCOc1ccc([C@@H](c2c(O)cc(C)n(Cc3ccco3)c2=O)N2CCN(c3ccccc3)CC2)cc1. The van der Waals surface area contributed by atoms with Crippen molar-refractivity contribution >= 4 is 5.69 Å². The maximum absolute atomic E-state index is 13.9. The second kappa shape index (κ2) is 11.0. The van der Waals surface area contributed by atoms with E-state index in [0.29, 0.717) is 30.2 Å². The van der Waals surface area contributed by atoms with Crippen molar-refractivity contribution in [3.05, 3.63) is 112 Å². The number of anilines is 1. The summed E-state index contributed by atoms with van der Waals surface area (Å²) < 4.78 is 12.8. The zero-order valence-electron chi connectivity index (χ0n) is 21.3. The topological polar surface area (TPSA) is 71.1 Å². The first-order valence-corrected chi connectivity index (χ1v) is 12.8. The fourth-order valence-corrected chi connectivity index (χ4v) is 5.13. The number of aromatic nitrogens is 1. The van der Waals surface area contributed by atoms with Crippen molar-refractivity contribution in [1.82, 2.24) is 9.47 Å². The van der Waals surface area contributed by atoms with Crippen LogP contribution >= 0.6 is 0 Å². The van der Waals surface area contributed by atoms with Gasteiger partial charge in [0.2, 0.25) is 0 Å². The Morgan fingerprint density at radius 2 is 1.70 bits per heavy atom.